The molecule has 0 bridgehead atoms. The monoisotopic (exact) mass is 553 g/mol. The van der Waals surface area contributed by atoms with Crippen LogP contribution in [0.5, 0.6) is 0 Å². The van der Waals surface area contributed by atoms with Gasteiger partial charge in [0.25, 0.3) is 0 Å². The van der Waals surface area contributed by atoms with E-state index in [-0.39, 0.29) is 0 Å². The highest BCUT2D eigenvalue weighted by molar-refractivity contribution is 6.05. The molecule has 0 spiro atoms. The number of benzene rings is 5. The fraction of sp³-hybridized carbons (Fsp3) is 0. The number of anilines is 3. The quantitative estimate of drug-likeness (QED) is 0.217. The zero-order chi connectivity index (χ0) is 28.3. The minimum absolute atomic E-state index is 0.774. The summed E-state index contributed by atoms with van der Waals surface area (Å²) in [5, 5.41) is 4.42. The number of nitrogens with zero attached hydrogens (tertiary/aromatic N) is 3. The van der Waals surface area contributed by atoms with Crippen molar-refractivity contribution in [2.45, 2.75) is 0 Å². The lowest BCUT2D eigenvalue weighted by Gasteiger charge is -2.26. The third-order valence-electron chi connectivity index (χ3n) is 8.13. The van der Waals surface area contributed by atoms with Crippen molar-refractivity contribution in [2.75, 3.05) is 4.90 Å². The Hall–Kier alpha value is -5.94. The SMILES string of the molecule is c1cc(-c2ccc3ccccc3c2)cc(N(c2ccc3c(c2)oc2cccnc23)c2ccc3c(c2)oc2cccnc23)c1. The lowest BCUT2D eigenvalue weighted by atomic mass is 10.0. The van der Waals surface area contributed by atoms with Gasteiger partial charge in [0.05, 0.1) is 0 Å². The van der Waals surface area contributed by atoms with Crippen LogP contribution < -0.4 is 4.90 Å². The molecule has 0 fully saturated rings. The van der Waals surface area contributed by atoms with E-state index in [0.29, 0.717) is 0 Å². The summed E-state index contributed by atoms with van der Waals surface area (Å²) in [4.78, 5) is 11.4. The first-order valence-electron chi connectivity index (χ1n) is 14.2. The molecular weight excluding hydrogens is 530 g/mol. The van der Waals surface area contributed by atoms with Crippen molar-refractivity contribution < 1.29 is 8.83 Å². The molecule has 0 N–H and O–H groups in total. The molecule has 5 heteroatoms. The number of pyridine rings is 2. The smallest absolute Gasteiger partial charge is 0.153 e. The van der Waals surface area contributed by atoms with E-state index in [1.54, 1.807) is 12.4 Å². The van der Waals surface area contributed by atoms with Gasteiger partial charge in [-0.05, 0) is 88.6 Å². The third kappa shape index (κ3) is 3.86. The summed E-state index contributed by atoms with van der Waals surface area (Å²) in [5.41, 5.74) is 10.1. The van der Waals surface area contributed by atoms with Crippen molar-refractivity contribution in [3.8, 4) is 11.1 Å². The molecule has 0 aliphatic carbocycles. The molecule has 4 heterocycles. The average Bonchev–Trinajstić information content (AvgIpc) is 3.62. The van der Waals surface area contributed by atoms with Crippen LogP contribution in [0.2, 0.25) is 0 Å². The van der Waals surface area contributed by atoms with Crippen LogP contribution in [0.1, 0.15) is 0 Å². The summed E-state index contributed by atoms with van der Waals surface area (Å²) in [6.07, 6.45) is 3.60. The van der Waals surface area contributed by atoms with Crippen molar-refractivity contribution in [3.63, 3.8) is 0 Å². The second-order valence-electron chi connectivity index (χ2n) is 10.7. The standard InChI is InChI=1S/C38H23N3O2/c1-2-7-25-20-27(13-12-24(25)6-1)26-8-3-9-28(21-26)41(29-14-16-31-35(22-29)42-33-10-4-18-39-37(31)33)30-15-17-32-36(23-30)43-34-11-5-19-40-38(32)34/h1-23H. The first-order chi connectivity index (χ1) is 21.3. The number of hydrogen-bond acceptors (Lipinski definition) is 5. The molecule has 0 unspecified atom stereocenters. The highest BCUT2D eigenvalue weighted by Crippen LogP contribution is 2.41. The van der Waals surface area contributed by atoms with Crippen LogP contribution in [0.15, 0.2) is 149 Å². The van der Waals surface area contributed by atoms with Crippen molar-refractivity contribution in [3.05, 3.63) is 140 Å². The molecule has 0 atom stereocenters. The highest BCUT2D eigenvalue weighted by Gasteiger charge is 2.18. The van der Waals surface area contributed by atoms with Crippen LogP contribution in [0.25, 0.3) is 66.0 Å². The van der Waals surface area contributed by atoms with Gasteiger partial charge in [-0.2, -0.15) is 0 Å². The van der Waals surface area contributed by atoms with Crippen molar-refractivity contribution in [1.29, 1.82) is 0 Å². The summed E-state index contributed by atoms with van der Waals surface area (Å²) in [6.45, 7) is 0. The van der Waals surface area contributed by atoms with Gasteiger partial charge in [-0.15, -0.1) is 0 Å². The number of hydrogen-bond donors (Lipinski definition) is 0. The van der Waals surface area contributed by atoms with Gasteiger partial charge in [0.15, 0.2) is 11.2 Å². The maximum absolute atomic E-state index is 6.24. The van der Waals surface area contributed by atoms with E-state index in [4.69, 9.17) is 8.83 Å². The van der Waals surface area contributed by atoms with Crippen LogP contribution in [0, 0.1) is 0 Å². The van der Waals surface area contributed by atoms with Crippen LogP contribution in [-0.4, -0.2) is 9.97 Å². The van der Waals surface area contributed by atoms with Gasteiger partial charge in [-0.1, -0.05) is 48.5 Å². The number of furan rings is 2. The molecule has 0 saturated carbocycles. The molecule has 0 amide bonds. The van der Waals surface area contributed by atoms with Gasteiger partial charge in [-0.3, -0.25) is 9.97 Å². The van der Waals surface area contributed by atoms with Crippen molar-refractivity contribution in [2.24, 2.45) is 0 Å². The molecule has 4 aromatic heterocycles. The highest BCUT2D eigenvalue weighted by atomic mass is 16.3. The van der Waals surface area contributed by atoms with Gasteiger partial charge in [0, 0.05) is 52.4 Å². The fourth-order valence-corrected chi connectivity index (χ4v) is 6.09. The Bertz CT molecular complexity index is 2380. The number of rotatable bonds is 4. The molecule has 5 nitrogen and oxygen atoms in total. The molecule has 202 valence electrons. The van der Waals surface area contributed by atoms with E-state index in [9.17, 15) is 0 Å². The molecule has 43 heavy (non-hydrogen) atoms. The van der Waals surface area contributed by atoms with E-state index in [2.05, 4.69) is 118 Å². The Morgan fingerprint density at radius 3 is 1.70 bits per heavy atom. The molecular formula is C38H23N3O2. The Labute approximate surface area is 246 Å². The predicted octanol–water partition coefficient (Wildman–Crippen LogP) is 10.6. The van der Waals surface area contributed by atoms with E-state index in [1.807, 2.05) is 24.3 Å². The third-order valence-corrected chi connectivity index (χ3v) is 8.13. The molecule has 0 radical (unpaired) electrons. The fourth-order valence-electron chi connectivity index (χ4n) is 6.09. The van der Waals surface area contributed by atoms with E-state index < -0.39 is 0 Å². The van der Waals surface area contributed by atoms with Crippen LogP contribution in [0.4, 0.5) is 17.1 Å². The molecule has 0 aliphatic heterocycles. The van der Waals surface area contributed by atoms with Gasteiger partial charge in [0.1, 0.15) is 22.2 Å². The van der Waals surface area contributed by atoms with Crippen LogP contribution >= 0.6 is 0 Å². The Balaban J connectivity index is 1.24. The molecule has 0 aliphatic rings. The minimum Gasteiger partial charge on any atom is -0.454 e. The lowest BCUT2D eigenvalue weighted by molar-refractivity contribution is 0.668. The van der Waals surface area contributed by atoms with Crippen molar-refractivity contribution >= 4 is 72.0 Å². The van der Waals surface area contributed by atoms with Crippen LogP contribution in [0.3, 0.4) is 0 Å². The van der Waals surface area contributed by atoms with Gasteiger partial charge < -0.3 is 13.7 Å². The molecule has 9 aromatic rings. The average molecular weight is 554 g/mol. The Morgan fingerprint density at radius 2 is 1.02 bits per heavy atom. The van der Waals surface area contributed by atoms with Gasteiger partial charge in [0.2, 0.25) is 0 Å². The zero-order valence-corrected chi connectivity index (χ0v) is 22.9. The topological polar surface area (TPSA) is 55.3 Å². The van der Waals surface area contributed by atoms with Gasteiger partial charge >= 0.3 is 0 Å². The zero-order valence-electron chi connectivity index (χ0n) is 22.9. The van der Waals surface area contributed by atoms with Crippen LogP contribution in [-0.2, 0) is 0 Å². The van der Waals surface area contributed by atoms with E-state index in [0.717, 1.165) is 72.3 Å². The summed E-state index contributed by atoms with van der Waals surface area (Å²) in [7, 11) is 0. The van der Waals surface area contributed by atoms with Gasteiger partial charge in [-0.25, -0.2) is 0 Å². The Kier molecular flexibility index (Phi) is 5.13. The molecule has 5 aromatic carbocycles. The normalized spacial score (nSPS) is 11.7. The lowest BCUT2D eigenvalue weighted by Crippen LogP contribution is -2.09. The summed E-state index contributed by atoms with van der Waals surface area (Å²) in [6, 6.07) is 44.0. The van der Waals surface area contributed by atoms with E-state index >= 15 is 0 Å². The Morgan fingerprint density at radius 1 is 0.419 bits per heavy atom. The maximum Gasteiger partial charge on any atom is 0.153 e. The summed E-state index contributed by atoms with van der Waals surface area (Å²) < 4.78 is 12.5. The number of aromatic nitrogens is 2. The van der Waals surface area contributed by atoms with E-state index in [1.165, 1.54) is 10.8 Å². The molecule has 0 saturated heterocycles. The number of fused-ring (bicyclic) bond motifs is 7. The second-order valence-corrected chi connectivity index (χ2v) is 10.7. The molecule has 9 rings (SSSR count). The summed E-state index contributed by atoms with van der Waals surface area (Å²) in [5.74, 6) is 0. The largest absolute Gasteiger partial charge is 0.454 e. The first kappa shape index (κ1) is 23.7. The second kappa shape index (κ2) is 9.29. The first-order valence-corrected chi connectivity index (χ1v) is 14.2. The minimum atomic E-state index is 0.774. The van der Waals surface area contributed by atoms with Crippen molar-refractivity contribution in [1.82, 2.24) is 9.97 Å². The predicted molar refractivity (Wildman–Crippen MR) is 174 cm³/mol. The maximum atomic E-state index is 6.24. The summed E-state index contributed by atoms with van der Waals surface area (Å²) >= 11 is 0.